The van der Waals surface area contributed by atoms with Crippen molar-refractivity contribution in [3.63, 3.8) is 0 Å². The van der Waals surface area contributed by atoms with Crippen molar-refractivity contribution < 1.29 is 35.1 Å². The Morgan fingerprint density at radius 3 is 1.17 bits per heavy atom. The molecule has 2 rings (SSSR count). The molecule has 8 nitrogen and oxygen atoms in total. The highest BCUT2D eigenvalue weighted by Gasteiger charge is 2.03. The highest BCUT2D eigenvalue weighted by molar-refractivity contribution is 7.86. The van der Waals surface area contributed by atoms with E-state index in [0.717, 1.165) is 6.67 Å². The Morgan fingerprint density at radius 2 is 0.966 bits per heavy atom. The molecule has 160 valence electrons. The van der Waals surface area contributed by atoms with Crippen LogP contribution in [0.1, 0.15) is 13.8 Å². The Morgan fingerprint density at radius 1 is 0.655 bits per heavy atom. The summed E-state index contributed by atoms with van der Waals surface area (Å²) in [7, 11) is -8.05. The van der Waals surface area contributed by atoms with Crippen LogP contribution in [0.2, 0.25) is 0 Å². The van der Waals surface area contributed by atoms with Crippen molar-refractivity contribution in [1.29, 1.82) is 0 Å². The molecule has 29 heavy (non-hydrogen) atoms. The largest absolute Gasteiger partial charge is 0.748 e. The number of hydrogen-bond acceptors (Lipinski definition) is 6. The first-order valence-electron chi connectivity index (χ1n) is 8.55. The fourth-order valence-electron chi connectivity index (χ4n) is 1.67. The summed E-state index contributed by atoms with van der Waals surface area (Å²) in [6, 6.07) is 12.2. The molecule has 2 aromatic heterocycles. The Labute approximate surface area is 173 Å². The Balaban J connectivity index is 0.000000432. The molecule has 0 unspecified atom stereocenters. The number of pyridine rings is 2. The molecule has 0 aliphatic heterocycles. The van der Waals surface area contributed by atoms with Gasteiger partial charge in [0.25, 0.3) is 0 Å². The van der Waals surface area contributed by atoms with Crippen LogP contribution in [0.3, 0.4) is 0 Å². The maximum Gasteiger partial charge on any atom is 0.343 e. The van der Waals surface area contributed by atoms with E-state index in [0.29, 0.717) is 0 Å². The topological polar surface area (TPSA) is 122 Å². The number of allylic oxidation sites excluding steroid dienone is 2. The molecule has 0 aliphatic carbocycles. The molecular formula is C19H26N2O6S2. The van der Waals surface area contributed by atoms with Gasteiger partial charge in [-0.2, -0.15) is 0 Å². The molecule has 0 spiro atoms. The van der Waals surface area contributed by atoms with Crippen LogP contribution in [0.4, 0.5) is 0 Å². The lowest BCUT2D eigenvalue weighted by atomic mass is 10.5. The van der Waals surface area contributed by atoms with Crippen LogP contribution in [-0.2, 0) is 26.9 Å². The second-order valence-corrected chi connectivity index (χ2v) is 8.40. The molecule has 0 aromatic carbocycles. The van der Waals surface area contributed by atoms with Gasteiger partial charge in [-0.05, 0) is 13.8 Å². The summed E-state index contributed by atoms with van der Waals surface area (Å²) in [6.07, 6.45) is 13.9. The first-order valence-corrected chi connectivity index (χ1v) is 11.7. The minimum absolute atomic E-state index is 0.399. The quantitative estimate of drug-likeness (QED) is 0.373. The summed E-state index contributed by atoms with van der Waals surface area (Å²) in [4.78, 5) is 0. The van der Waals surface area contributed by atoms with Crippen molar-refractivity contribution in [2.24, 2.45) is 0 Å². The molecule has 0 saturated carbocycles. The molecule has 0 saturated heterocycles. The van der Waals surface area contributed by atoms with Crippen LogP contribution in [0, 0.1) is 0 Å². The summed E-state index contributed by atoms with van der Waals surface area (Å²) < 4.78 is 63.0. The molecule has 2 heterocycles. The average molecular weight is 443 g/mol. The van der Waals surface area contributed by atoms with Gasteiger partial charge >= 0.3 is 6.67 Å². The highest BCUT2D eigenvalue weighted by Crippen LogP contribution is 1.82. The zero-order valence-electron chi connectivity index (χ0n) is 16.4. The van der Waals surface area contributed by atoms with Gasteiger partial charge in [0.2, 0.25) is 0 Å². The fraction of sp³-hybridized carbons (Fsp3) is 0.263. The lowest BCUT2D eigenvalue weighted by Crippen LogP contribution is -2.50. The van der Waals surface area contributed by atoms with E-state index in [1.165, 1.54) is 24.3 Å². The number of nitrogens with zero attached hydrogens (tertiary/aromatic N) is 2. The van der Waals surface area contributed by atoms with E-state index in [1.54, 1.807) is 13.8 Å². The lowest BCUT2D eigenvalue weighted by molar-refractivity contribution is -0.913. The smallest absolute Gasteiger partial charge is 0.343 e. The zero-order chi connectivity index (χ0) is 22.2. The van der Waals surface area contributed by atoms with Gasteiger partial charge in [0.15, 0.2) is 24.8 Å². The molecular weight excluding hydrogens is 416 g/mol. The van der Waals surface area contributed by atoms with Crippen molar-refractivity contribution in [1.82, 2.24) is 0 Å². The predicted molar refractivity (Wildman–Crippen MR) is 107 cm³/mol. The Kier molecular flexibility index (Phi) is 13.4. The SMILES string of the molecule is C/C=C/CS(=O)(=O)[O-].C/C=C/CS(=O)(=O)[O-].c1cc[n+](C[n+]2ccccc2)cc1. The van der Waals surface area contributed by atoms with Gasteiger partial charge in [-0.15, -0.1) is 9.13 Å². The Bertz CT molecular complexity index is 863. The van der Waals surface area contributed by atoms with E-state index in [4.69, 9.17) is 0 Å². The van der Waals surface area contributed by atoms with Crippen LogP contribution < -0.4 is 9.13 Å². The van der Waals surface area contributed by atoms with Crippen LogP contribution in [0.5, 0.6) is 0 Å². The second-order valence-electron chi connectivity index (χ2n) is 5.51. The summed E-state index contributed by atoms with van der Waals surface area (Å²) in [5, 5.41) is 0. The van der Waals surface area contributed by atoms with E-state index in [1.807, 2.05) is 36.4 Å². The van der Waals surface area contributed by atoms with Crippen LogP contribution in [-0.4, -0.2) is 37.4 Å². The van der Waals surface area contributed by atoms with Gasteiger partial charge in [0.1, 0.15) is 0 Å². The number of aromatic nitrogens is 2. The van der Waals surface area contributed by atoms with Crippen molar-refractivity contribution in [2.45, 2.75) is 20.5 Å². The monoisotopic (exact) mass is 442 g/mol. The van der Waals surface area contributed by atoms with Gasteiger partial charge in [0, 0.05) is 24.3 Å². The van der Waals surface area contributed by atoms with Gasteiger partial charge in [-0.3, -0.25) is 0 Å². The minimum atomic E-state index is -4.02. The number of rotatable bonds is 6. The normalized spacial score (nSPS) is 11.4. The van der Waals surface area contributed by atoms with Gasteiger partial charge in [-0.1, -0.05) is 36.4 Å². The van der Waals surface area contributed by atoms with Crippen molar-refractivity contribution >= 4 is 20.2 Å². The second kappa shape index (κ2) is 14.6. The maximum absolute atomic E-state index is 9.78. The summed E-state index contributed by atoms with van der Waals surface area (Å²) >= 11 is 0. The van der Waals surface area contributed by atoms with Crippen molar-refractivity contribution in [3.8, 4) is 0 Å². The molecule has 0 fully saturated rings. The molecule has 0 aliphatic rings. The van der Waals surface area contributed by atoms with Gasteiger partial charge < -0.3 is 9.11 Å². The predicted octanol–water partition coefficient (Wildman–Crippen LogP) is 0.983. The highest BCUT2D eigenvalue weighted by atomic mass is 32.2. The van der Waals surface area contributed by atoms with E-state index in [2.05, 4.69) is 33.9 Å². The molecule has 0 N–H and O–H groups in total. The summed E-state index contributed by atoms with van der Waals surface area (Å²) in [5.41, 5.74) is 0. The van der Waals surface area contributed by atoms with E-state index < -0.39 is 31.7 Å². The van der Waals surface area contributed by atoms with E-state index in [9.17, 15) is 25.9 Å². The molecule has 2 aromatic rings. The van der Waals surface area contributed by atoms with Crippen LogP contribution >= 0.6 is 0 Å². The van der Waals surface area contributed by atoms with Gasteiger partial charge in [-0.25, -0.2) is 16.8 Å². The summed E-state index contributed by atoms with van der Waals surface area (Å²) in [5.74, 6) is -0.799. The first-order chi connectivity index (χ1) is 13.6. The summed E-state index contributed by atoms with van der Waals surface area (Å²) in [6.45, 7) is 4.18. The fourth-order valence-corrected chi connectivity index (χ4v) is 2.53. The molecule has 0 amide bonds. The van der Waals surface area contributed by atoms with Crippen LogP contribution in [0.15, 0.2) is 85.5 Å². The first kappa shape index (κ1) is 26.6. The van der Waals surface area contributed by atoms with E-state index >= 15 is 0 Å². The van der Waals surface area contributed by atoms with Gasteiger partial charge in [0.05, 0.1) is 31.7 Å². The Hall–Kier alpha value is -2.40. The molecule has 10 heteroatoms. The van der Waals surface area contributed by atoms with Crippen molar-refractivity contribution in [2.75, 3.05) is 11.5 Å². The molecule has 0 bridgehead atoms. The maximum atomic E-state index is 9.78. The number of hydrogen-bond donors (Lipinski definition) is 0. The molecule has 0 atom stereocenters. The van der Waals surface area contributed by atoms with Crippen molar-refractivity contribution in [3.05, 3.63) is 85.5 Å². The minimum Gasteiger partial charge on any atom is -0.748 e. The van der Waals surface area contributed by atoms with Crippen LogP contribution in [0.25, 0.3) is 0 Å². The standard InChI is InChI=1S/C11H12N2.2C4H8O3S/c1-3-7-12(8-4-1)11-13-9-5-2-6-10-13;2*1-2-3-4-8(5,6)7/h1-10H,11H2;2*2-3H,4H2,1H3,(H,5,6,7)/q+2;;/p-2/b;2*3-2+. The average Bonchev–Trinajstić information content (AvgIpc) is 2.66. The zero-order valence-corrected chi connectivity index (χ0v) is 18.0. The third-order valence-electron chi connectivity index (χ3n) is 2.95. The lowest BCUT2D eigenvalue weighted by Gasteiger charge is -1.99. The molecule has 0 radical (unpaired) electrons. The third kappa shape index (κ3) is 18.7. The third-order valence-corrected chi connectivity index (χ3v) is 4.15. The van der Waals surface area contributed by atoms with E-state index in [-0.39, 0.29) is 0 Å².